The molecule has 0 N–H and O–H groups in total. The van der Waals surface area contributed by atoms with Crippen LogP contribution in [0.4, 0.5) is 12.9 Å². The summed E-state index contributed by atoms with van der Waals surface area (Å²) in [7, 11) is 0. The van der Waals surface area contributed by atoms with Crippen molar-refractivity contribution in [3.63, 3.8) is 0 Å². The second-order valence-corrected chi connectivity index (χ2v) is 3.89. The maximum Gasteiger partial charge on any atom is 0.478 e. The molecular weight excluding hydrogens is 212 g/mol. The Labute approximate surface area is 92.1 Å². The molecule has 0 fully saturated rings. The Morgan fingerprint density at radius 2 is 1.56 bits per heavy atom. The summed E-state index contributed by atoms with van der Waals surface area (Å²) in [4.78, 5) is 0. The third kappa shape index (κ3) is 2.57. The minimum atomic E-state index is -4.69. The molecular formula is C12H11BF3-. The van der Waals surface area contributed by atoms with Gasteiger partial charge >= 0.3 is 6.98 Å². The summed E-state index contributed by atoms with van der Waals surface area (Å²) in [6.07, 6.45) is -0.626. The number of fused-ring (bicyclic) bond motifs is 1. The minimum absolute atomic E-state index is 0.0743. The third-order valence-corrected chi connectivity index (χ3v) is 2.62. The molecule has 0 amide bonds. The molecule has 0 radical (unpaired) electrons. The number of aryl methyl sites for hydroxylation is 1. The van der Waals surface area contributed by atoms with E-state index in [1.165, 1.54) is 0 Å². The lowest BCUT2D eigenvalue weighted by atomic mass is 9.82. The Balaban J connectivity index is 2.30. The second kappa shape index (κ2) is 4.20. The zero-order chi connectivity index (χ0) is 11.6. The van der Waals surface area contributed by atoms with Crippen molar-refractivity contribution in [3.8, 4) is 0 Å². The summed E-state index contributed by atoms with van der Waals surface area (Å²) >= 11 is 0. The van der Waals surface area contributed by atoms with Gasteiger partial charge in [-0.3, -0.25) is 0 Å². The van der Waals surface area contributed by atoms with Crippen LogP contribution in [0.2, 0.25) is 6.32 Å². The molecule has 16 heavy (non-hydrogen) atoms. The molecule has 0 bridgehead atoms. The summed E-state index contributed by atoms with van der Waals surface area (Å²) in [6.45, 7) is -4.69. The van der Waals surface area contributed by atoms with Crippen LogP contribution >= 0.6 is 0 Å². The number of hydrogen-bond acceptors (Lipinski definition) is 0. The van der Waals surface area contributed by atoms with Crippen LogP contribution in [0, 0.1) is 0 Å². The topological polar surface area (TPSA) is 0 Å². The van der Waals surface area contributed by atoms with Crippen LogP contribution in [0.15, 0.2) is 42.5 Å². The van der Waals surface area contributed by atoms with Crippen molar-refractivity contribution in [1.82, 2.24) is 0 Å². The molecule has 0 atom stereocenters. The first kappa shape index (κ1) is 11.1. The normalized spacial score (nSPS) is 11.9. The first-order chi connectivity index (χ1) is 7.56. The molecule has 2 aromatic carbocycles. The number of rotatable bonds is 3. The number of hydrogen-bond donors (Lipinski definition) is 0. The van der Waals surface area contributed by atoms with E-state index in [1.807, 2.05) is 30.3 Å². The number of halogens is 3. The maximum atomic E-state index is 12.2. The fourth-order valence-electron chi connectivity index (χ4n) is 1.83. The van der Waals surface area contributed by atoms with E-state index in [0.29, 0.717) is 0 Å². The predicted octanol–water partition coefficient (Wildman–Crippen LogP) is 4.23. The van der Waals surface area contributed by atoms with E-state index in [-0.39, 0.29) is 6.42 Å². The molecule has 0 unspecified atom stereocenters. The maximum absolute atomic E-state index is 12.2. The standard InChI is InChI=1S/C12H11BF3/c14-13(15,16)9-8-11-6-3-5-10-4-1-2-7-12(10)11/h1-7H,8-9H2/q-1. The highest BCUT2D eigenvalue weighted by atomic mass is 19.4. The van der Waals surface area contributed by atoms with Gasteiger partial charge in [0.1, 0.15) is 0 Å². The van der Waals surface area contributed by atoms with Gasteiger partial charge in [-0.05, 0) is 16.3 Å². The lowest BCUT2D eigenvalue weighted by Gasteiger charge is -2.14. The quantitative estimate of drug-likeness (QED) is 0.683. The average molecular weight is 223 g/mol. The van der Waals surface area contributed by atoms with Crippen molar-refractivity contribution in [1.29, 1.82) is 0 Å². The van der Waals surface area contributed by atoms with Crippen LogP contribution < -0.4 is 0 Å². The lowest BCUT2D eigenvalue weighted by Crippen LogP contribution is -2.15. The largest absolute Gasteiger partial charge is 0.478 e. The van der Waals surface area contributed by atoms with E-state index in [9.17, 15) is 12.9 Å². The molecule has 0 heterocycles. The van der Waals surface area contributed by atoms with Gasteiger partial charge in [0, 0.05) is 0 Å². The highest BCUT2D eigenvalue weighted by Crippen LogP contribution is 2.23. The molecule has 4 heteroatoms. The summed E-state index contributed by atoms with van der Waals surface area (Å²) in [6, 6.07) is 13.0. The van der Waals surface area contributed by atoms with Crippen molar-refractivity contribution < 1.29 is 12.9 Å². The van der Waals surface area contributed by atoms with Gasteiger partial charge in [0.2, 0.25) is 0 Å². The molecule has 0 nitrogen and oxygen atoms in total. The van der Waals surface area contributed by atoms with Gasteiger partial charge in [0.05, 0.1) is 0 Å². The Morgan fingerprint density at radius 3 is 2.31 bits per heavy atom. The molecule has 2 aromatic rings. The van der Waals surface area contributed by atoms with Crippen LogP contribution in [0.1, 0.15) is 5.56 Å². The van der Waals surface area contributed by atoms with Gasteiger partial charge in [-0.15, -0.1) is 0 Å². The Kier molecular flexibility index (Phi) is 2.90. The molecule has 0 spiro atoms. The molecule has 0 aliphatic heterocycles. The number of benzene rings is 2. The van der Waals surface area contributed by atoms with Gasteiger partial charge in [-0.25, -0.2) is 0 Å². The van der Waals surface area contributed by atoms with Crippen LogP contribution in [-0.4, -0.2) is 6.98 Å². The fraction of sp³-hybridized carbons (Fsp3) is 0.167. The van der Waals surface area contributed by atoms with Gasteiger partial charge in [0.25, 0.3) is 0 Å². The van der Waals surface area contributed by atoms with Crippen molar-refractivity contribution in [2.45, 2.75) is 12.7 Å². The molecule has 0 saturated carbocycles. The van der Waals surface area contributed by atoms with Gasteiger partial charge < -0.3 is 12.9 Å². The molecule has 0 aliphatic carbocycles. The minimum Gasteiger partial charge on any atom is -0.449 e. The van der Waals surface area contributed by atoms with Crippen LogP contribution in [0.25, 0.3) is 10.8 Å². The molecule has 0 aliphatic rings. The van der Waals surface area contributed by atoms with Crippen LogP contribution in [0.3, 0.4) is 0 Å². The third-order valence-electron chi connectivity index (χ3n) is 2.62. The van der Waals surface area contributed by atoms with Crippen molar-refractivity contribution in [3.05, 3.63) is 48.0 Å². The van der Waals surface area contributed by atoms with E-state index in [1.54, 1.807) is 12.1 Å². The zero-order valence-corrected chi connectivity index (χ0v) is 8.67. The highest BCUT2D eigenvalue weighted by molar-refractivity contribution is 6.58. The van der Waals surface area contributed by atoms with Gasteiger partial charge in [-0.2, -0.15) is 0 Å². The monoisotopic (exact) mass is 223 g/mol. The lowest BCUT2D eigenvalue weighted by molar-refractivity contribution is 0.468. The second-order valence-electron chi connectivity index (χ2n) is 3.89. The van der Waals surface area contributed by atoms with Crippen molar-refractivity contribution in [2.24, 2.45) is 0 Å². The van der Waals surface area contributed by atoms with E-state index in [0.717, 1.165) is 16.3 Å². The predicted molar refractivity (Wildman–Crippen MR) is 61.5 cm³/mol. The SMILES string of the molecule is F[B-](F)(F)CCc1cccc2ccccc12. The van der Waals surface area contributed by atoms with Crippen LogP contribution in [-0.2, 0) is 6.42 Å². The fourth-order valence-corrected chi connectivity index (χ4v) is 1.83. The van der Waals surface area contributed by atoms with Crippen molar-refractivity contribution in [2.75, 3.05) is 0 Å². The zero-order valence-electron chi connectivity index (χ0n) is 8.67. The Bertz CT molecular complexity index is 486. The van der Waals surface area contributed by atoms with E-state index < -0.39 is 13.3 Å². The van der Waals surface area contributed by atoms with Gasteiger partial charge in [0.15, 0.2) is 0 Å². The van der Waals surface area contributed by atoms with Crippen molar-refractivity contribution >= 4 is 17.7 Å². The first-order valence-electron chi connectivity index (χ1n) is 5.24. The summed E-state index contributed by atoms with van der Waals surface area (Å²) in [5.41, 5.74) is 0.775. The van der Waals surface area contributed by atoms with Gasteiger partial charge in [-0.1, -0.05) is 55.2 Å². The van der Waals surface area contributed by atoms with E-state index >= 15 is 0 Å². The molecule has 0 saturated heterocycles. The summed E-state index contributed by atoms with van der Waals surface area (Å²) < 4.78 is 36.6. The Hall–Kier alpha value is -1.45. The Morgan fingerprint density at radius 1 is 0.875 bits per heavy atom. The van der Waals surface area contributed by atoms with E-state index in [4.69, 9.17) is 0 Å². The smallest absolute Gasteiger partial charge is 0.449 e. The van der Waals surface area contributed by atoms with E-state index in [2.05, 4.69) is 0 Å². The highest BCUT2D eigenvalue weighted by Gasteiger charge is 2.22. The molecule has 0 aromatic heterocycles. The molecule has 2 rings (SSSR count). The summed E-state index contributed by atoms with van der Waals surface area (Å²) in [5.74, 6) is 0. The molecule has 84 valence electrons. The first-order valence-corrected chi connectivity index (χ1v) is 5.24. The summed E-state index contributed by atoms with van der Waals surface area (Å²) in [5, 5.41) is 1.92. The van der Waals surface area contributed by atoms with Crippen LogP contribution in [0.5, 0.6) is 0 Å². The average Bonchev–Trinajstić information content (AvgIpc) is 2.25.